The van der Waals surface area contributed by atoms with Crippen molar-refractivity contribution in [1.29, 1.82) is 0 Å². The van der Waals surface area contributed by atoms with E-state index in [2.05, 4.69) is 20.9 Å². The van der Waals surface area contributed by atoms with Crippen LogP contribution in [0, 0.1) is 10.1 Å². The van der Waals surface area contributed by atoms with E-state index >= 15 is 0 Å². The van der Waals surface area contributed by atoms with Crippen LogP contribution >= 0.6 is 27.7 Å². The van der Waals surface area contributed by atoms with Gasteiger partial charge in [0.05, 0.1) is 4.92 Å². The molecule has 0 saturated carbocycles. The van der Waals surface area contributed by atoms with Crippen molar-refractivity contribution in [2.45, 2.75) is 22.8 Å². The predicted octanol–water partition coefficient (Wildman–Crippen LogP) is 5.17. The van der Waals surface area contributed by atoms with Gasteiger partial charge in [0.15, 0.2) is 6.10 Å². The van der Waals surface area contributed by atoms with Crippen LogP contribution in [-0.4, -0.2) is 56.1 Å². The van der Waals surface area contributed by atoms with Gasteiger partial charge in [-0.3, -0.25) is 29.6 Å². The molecule has 0 radical (unpaired) electrons. The number of thioether (sulfide) groups is 1. The first kappa shape index (κ1) is 29.2. The number of carbonyl (C=O) groups is 3. The van der Waals surface area contributed by atoms with E-state index < -0.39 is 38.7 Å². The smallest absolute Gasteiger partial charge is 0.356 e. The number of alkyl halides is 1. The number of nitro groups is 1. The van der Waals surface area contributed by atoms with Crippen LogP contribution in [0.25, 0.3) is 0 Å². The lowest BCUT2D eigenvalue weighted by Gasteiger charge is -2.52. The Balaban J connectivity index is 1.45. The summed E-state index contributed by atoms with van der Waals surface area (Å²) in [6.45, 7) is 1.09. The maximum Gasteiger partial charge on any atom is 0.356 e. The lowest BCUT2D eigenvalue weighted by atomic mass is 10.0. The fraction of sp³-hybridized carbons (Fsp3) is 0.200. The Morgan fingerprint density at radius 2 is 1.69 bits per heavy atom. The summed E-state index contributed by atoms with van der Waals surface area (Å²) in [7, 11) is 0. The zero-order chi connectivity index (χ0) is 29.9. The number of rotatable bonds is 9. The van der Waals surface area contributed by atoms with Crippen LogP contribution in [0.4, 0.5) is 5.69 Å². The molecule has 2 aliphatic heterocycles. The number of amides is 1. The molecule has 1 saturated heterocycles. The predicted molar refractivity (Wildman–Crippen MR) is 160 cm³/mol. The molecule has 2 aliphatic rings. The van der Waals surface area contributed by atoms with Crippen molar-refractivity contribution < 1.29 is 28.8 Å². The van der Waals surface area contributed by atoms with Gasteiger partial charge in [0, 0.05) is 36.6 Å². The van der Waals surface area contributed by atoms with Gasteiger partial charge >= 0.3 is 11.9 Å². The summed E-state index contributed by atoms with van der Waals surface area (Å²) in [5.41, 5.74) is 2.45. The molecular weight excluding hydrogens is 626 g/mol. The summed E-state index contributed by atoms with van der Waals surface area (Å²) >= 11 is 4.83. The molecule has 12 heteroatoms. The maximum absolute atomic E-state index is 13.9. The Bertz CT molecular complexity index is 1540. The summed E-state index contributed by atoms with van der Waals surface area (Å²) in [4.78, 5) is 55.4. The number of aliphatic imine (C=N–C) groups is 1. The highest BCUT2D eigenvalue weighted by atomic mass is 79.9. The number of benzene rings is 3. The Labute approximate surface area is 253 Å². The minimum absolute atomic E-state index is 0.0162. The number of esters is 2. The summed E-state index contributed by atoms with van der Waals surface area (Å²) in [5.74, 6) is -1.47. The van der Waals surface area contributed by atoms with Crippen molar-refractivity contribution in [3.05, 3.63) is 123 Å². The summed E-state index contributed by atoms with van der Waals surface area (Å²) in [6.07, 6.45) is 0.700. The first-order chi connectivity index (χ1) is 20.2. The second-order valence-corrected chi connectivity index (χ2v) is 11.7. The number of nitrogens with zero attached hydrogens (tertiary/aromatic N) is 3. The van der Waals surface area contributed by atoms with E-state index in [9.17, 15) is 24.5 Å². The fourth-order valence-corrected chi connectivity index (χ4v) is 6.77. The van der Waals surface area contributed by atoms with E-state index in [4.69, 9.17) is 9.47 Å². The highest BCUT2D eigenvalue weighted by Crippen LogP contribution is 2.51. The van der Waals surface area contributed by atoms with E-state index in [1.165, 1.54) is 54.1 Å². The third-order valence-electron chi connectivity index (χ3n) is 6.65. The van der Waals surface area contributed by atoms with Crippen molar-refractivity contribution in [2.24, 2.45) is 4.99 Å². The van der Waals surface area contributed by atoms with Gasteiger partial charge in [0.25, 0.3) is 11.6 Å². The second-order valence-electron chi connectivity index (χ2n) is 9.46. The van der Waals surface area contributed by atoms with E-state index in [1.807, 2.05) is 60.7 Å². The zero-order valence-electron chi connectivity index (χ0n) is 22.2. The number of fused-ring (bicyclic) bond motifs is 1. The fourth-order valence-electron chi connectivity index (χ4n) is 4.57. The van der Waals surface area contributed by atoms with Gasteiger partial charge in [-0.05, 0) is 44.8 Å². The zero-order valence-corrected chi connectivity index (χ0v) is 24.6. The Morgan fingerprint density at radius 3 is 2.24 bits per heavy atom. The monoisotopic (exact) mass is 649 g/mol. The number of non-ortho nitro benzene ring substituents is 1. The number of halogens is 1. The number of carbonyl (C=O) groups excluding carboxylic acids is 3. The molecule has 10 nitrogen and oxygen atoms in total. The van der Waals surface area contributed by atoms with Crippen molar-refractivity contribution in [3.8, 4) is 0 Å². The largest absolute Gasteiger partial charge is 0.461 e. The van der Waals surface area contributed by atoms with Crippen LogP contribution in [0.5, 0.6) is 0 Å². The maximum atomic E-state index is 13.9. The molecule has 0 aromatic heterocycles. The molecule has 3 aromatic carbocycles. The van der Waals surface area contributed by atoms with E-state index in [0.717, 1.165) is 11.1 Å². The molecule has 1 fully saturated rings. The van der Waals surface area contributed by atoms with Crippen LogP contribution in [-0.2, 0) is 23.9 Å². The van der Waals surface area contributed by atoms with Crippen LogP contribution in [0.15, 0.2) is 101 Å². The molecule has 5 rings (SSSR count). The number of nitro benzene ring substituents is 1. The topological polar surface area (TPSA) is 128 Å². The third-order valence-corrected chi connectivity index (χ3v) is 9.31. The summed E-state index contributed by atoms with van der Waals surface area (Å²) in [5, 5.41) is 10.3. The first-order valence-corrected chi connectivity index (χ1v) is 14.6. The number of hydrogen-bond donors (Lipinski definition) is 0. The van der Waals surface area contributed by atoms with Crippen LogP contribution in [0.1, 0.15) is 29.7 Å². The van der Waals surface area contributed by atoms with Gasteiger partial charge in [-0.1, -0.05) is 60.7 Å². The van der Waals surface area contributed by atoms with Gasteiger partial charge in [-0.15, -0.1) is 11.8 Å². The van der Waals surface area contributed by atoms with Crippen LogP contribution in [0.3, 0.4) is 0 Å². The van der Waals surface area contributed by atoms with Gasteiger partial charge in [0.2, 0.25) is 4.45 Å². The lowest BCUT2D eigenvalue weighted by Crippen LogP contribution is -2.70. The third kappa shape index (κ3) is 5.86. The molecule has 0 unspecified atom stereocenters. The lowest BCUT2D eigenvalue weighted by molar-refractivity contribution is -0.384. The van der Waals surface area contributed by atoms with Crippen molar-refractivity contribution >= 4 is 57.4 Å². The highest BCUT2D eigenvalue weighted by molar-refractivity contribution is 9.10. The SMILES string of the molecule is CC(=O)OCC1=C(C(=O)OC(c2ccccc2)c2ccccc2)N2C(=O)[C@](Br)(N=Cc3ccc([N+](=O)[O-])cc3)[C@H]2SC1. The molecule has 0 spiro atoms. The number of β-lactam (4-membered cyclic amide) rings is 1. The first-order valence-electron chi connectivity index (χ1n) is 12.8. The molecular formula is C30H24BrN3O7S. The molecule has 0 bridgehead atoms. The normalized spacial score (nSPS) is 19.8. The molecule has 214 valence electrons. The summed E-state index contributed by atoms with van der Waals surface area (Å²) in [6, 6.07) is 24.3. The van der Waals surface area contributed by atoms with E-state index in [0.29, 0.717) is 11.1 Å². The minimum Gasteiger partial charge on any atom is -0.461 e. The molecule has 2 heterocycles. The molecule has 1 amide bonds. The summed E-state index contributed by atoms with van der Waals surface area (Å²) < 4.78 is 9.92. The highest BCUT2D eigenvalue weighted by Gasteiger charge is 2.64. The van der Waals surface area contributed by atoms with Crippen LogP contribution in [0.2, 0.25) is 0 Å². The number of ether oxygens (including phenoxy) is 2. The Morgan fingerprint density at radius 1 is 1.10 bits per heavy atom. The Kier molecular flexibility index (Phi) is 8.55. The van der Waals surface area contributed by atoms with E-state index in [-0.39, 0.29) is 23.7 Å². The van der Waals surface area contributed by atoms with Crippen molar-refractivity contribution in [2.75, 3.05) is 12.4 Å². The van der Waals surface area contributed by atoms with Crippen LogP contribution < -0.4 is 0 Å². The molecule has 0 N–H and O–H groups in total. The van der Waals surface area contributed by atoms with E-state index in [1.54, 1.807) is 0 Å². The average molecular weight is 651 g/mol. The second kappa shape index (κ2) is 12.3. The Hall–Kier alpha value is -4.29. The molecule has 42 heavy (non-hydrogen) atoms. The van der Waals surface area contributed by atoms with Gasteiger partial charge < -0.3 is 9.47 Å². The average Bonchev–Trinajstić information content (AvgIpc) is 3.01. The molecule has 0 aliphatic carbocycles. The quantitative estimate of drug-likeness (QED) is 0.0591. The molecule has 2 atom stereocenters. The number of hydrogen-bond acceptors (Lipinski definition) is 9. The van der Waals surface area contributed by atoms with Gasteiger partial charge in [-0.25, -0.2) is 4.79 Å². The van der Waals surface area contributed by atoms with Gasteiger partial charge in [-0.2, -0.15) is 0 Å². The minimum atomic E-state index is -1.38. The van der Waals surface area contributed by atoms with Crippen molar-refractivity contribution in [1.82, 2.24) is 4.90 Å². The molecule has 3 aromatic rings. The van der Waals surface area contributed by atoms with Gasteiger partial charge in [0.1, 0.15) is 17.7 Å². The van der Waals surface area contributed by atoms with Crippen molar-refractivity contribution in [3.63, 3.8) is 0 Å². The standard InChI is InChI=1S/C30H24BrN3O7S/c1-19(35)40-17-23-18-42-29-30(31,32-16-20-12-14-24(15-13-20)34(38)39)28(37)33(29)25(23)27(36)41-26(21-8-4-2-5-9-21)22-10-6-3-7-11-22/h2-16,26,29H,17-18H2,1H3/t29-,30+/m1/s1.